The third kappa shape index (κ3) is 4.55. The van der Waals surface area contributed by atoms with Gasteiger partial charge in [-0.05, 0) is 85.5 Å². The largest absolute Gasteiger partial charge is 0.320 e. The number of nitrogens with zero attached hydrogens (tertiary/aromatic N) is 1. The zero-order valence-corrected chi connectivity index (χ0v) is 13.0. The number of nitrogens with one attached hydrogen (secondary N) is 1. The first-order chi connectivity index (χ1) is 9.19. The second kappa shape index (κ2) is 7.36. The van der Waals surface area contributed by atoms with Gasteiger partial charge in [0.15, 0.2) is 0 Å². The van der Waals surface area contributed by atoms with Crippen molar-refractivity contribution in [2.75, 3.05) is 26.7 Å². The molecule has 1 aromatic rings. The maximum atomic E-state index is 13.2. The quantitative estimate of drug-likeness (QED) is 0.891. The number of hydrogen-bond acceptors (Lipinski definition) is 2. The second-order valence-electron chi connectivity index (χ2n) is 5.36. The molecule has 1 aromatic carbocycles. The van der Waals surface area contributed by atoms with Crippen LogP contribution in [-0.2, 0) is 6.54 Å². The lowest BCUT2D eigenvalue weighted by Crippen LogP contribution is -2.34. The molecule has 0 amide bonds. The van der Waals surface area contributed by atoms with Gasteiger partial charge >= 0.3 is 0 Å². The molecule has 19 heavy (non-hydrogen) atoms. The third-order valence-corrected chi connectivity index (χ3v) is 4.51. The Hall–Kier alpha value is -0.450. The molecule has 0 spiro atoms. The predicted octanol–water partition coefficient (Wildman–Crippen LogP) is 3.41. The fraction of sp³-hybridized carbons (Fsp3) is 0.600. The Morgan fingerprint density at radius 3 is 2.74 bits per heavy atom. The van der Waals surface area contributed by atoms with E-state index in [2.05, 4.69) is 26.1 Å². The summed E-state index contributed by atoms with van der Waals surface area (Å²) >= 11 is 3.25. The van der Waals surface area contributed by atoms with Crippen LogP contribution >= 0.6 is 15.9 Å². The van der Waals surface area contributed by atoms with Crippen molar-refractivity contribution < 1.29 is 4.39 Å². The molecule has 2 nitrogen and oxygen atoms in total. The summed E-state index contributed by atoms with van der Waals surface area (Å²) in [5, 5.41) is 3.22. The molecule has 2 rings (SSSR count). The highest BCUT2D eigenvalue weighted by molar-refractivity contribution is 9.10. The molecule has 0 bridgehead atoms. The fourth-order valence-corrected chi connectivity index (χ4v) is 3.10. The molecule has 4 heteroatoms. The summed E-state index contributed by atoms with van der Waals surface area (Å²) in [5.41, 5.74) is 1.18. The van der Waals surface area contributed by atoms with Crippen molar-refractivity contribution >= 4 is 15.9 Å². The number of benzene rings is 1. The van der Waals surface area contributed by atoms with E-state index < -0.39 is 0 Å². The lowest BCUT2D eigenvalue weighted by atomic mass is 9.93. The molecule has 0 aliphatic carbocycles. The van der Waals surface area contributed by atoms with E-state index >= 15 is 0 Å². The Balaban J connectivity index is 1.80. The summed E-state index contributed by atoms with van der Waals surface area (Å²) in [6.45, 7) is 4.36. The predicted molar refractivity (Wildman–Crippen MR) is 80.6 cm³/mol. The van der Waals surface area contributed by atoms with Gasteiger partial charge in [-0.3, -0.25) is 4.90 Å². The van der Waals surface area contributed by atoms with Gasteiger partial charge < -0.3 is 5.32 Å². The molecule has 1 N–H and O–H groups in total. The Morgan fingerprint density at radius 2 is 2.11 bits per heavy atom. The van der Waals surface area contributed by atoms with Gasteiger partial charge in [-0.1, -0.05) is 6.07 Å². The Labute approximate surface area is 123 Å². The van der Waals surface area contributed by atoms with Crippen LogP contribution < -0.4 is 5.32 Å². The topological polar surface area (TPSA) is 15.3 Å². The molecule has 1 aliphatic heterocycles. The standard InChI is InChI=1S/C15H22BrFN2/c1-18-7-4-12-5-8-19(9-6-12)11-13-2-3-15(17)14(16)10-13/h2-3,10,12,18H,4-9,11H2,1H3. The molecule has 1 fully saturated rings. The number of piperidine rings is 1. The van der Waals surface area contributed by atoms with Crippen molar-refractivity contribution in [3.05, 3.63) is 34.1 Å². The highest BCUT2D eigenvalue weighted by Gasteiger charge is 2.18. The molecule has 1 heterocycles. The minimum Gasteiger partial charge on any atom is -0.320 e. The lowest BCUT2D eigenvalue weighted by Gasteiger charge is -2.32. The van der Waals surface area contributed by atoms with Crippen LogP contribution in [0.5, 0.6) is 0 Å². The normalized spacial score (nSPS) is 17.8. The first-order valence-corrected chi connectivity index (χ1v) is 7.79. The van der Waals surface area contributed by atoms with E-state index in [1.807, 2.05) is 19.2 Å². The first-order valence-electron chi connectivity index (χ1n) is 7.00. The van der Waals surface area contributed by atoms with Gasteiger partial charge in [-0.15, -0.1) is 0 Å². The van der Waals surface area contributed by atoms with Crippen LogP contribution in [0.3, 0.4) is 0 Å². The number of rotatable bonds is 5. The van der Waals surface area contributed by atoms with Gasteiger partial charge in [0.1, 0.15) is 5.82 Å². The van der Waals surface area contributed by atoms with Gasteiger partial charge in [0.25, 0.3) is 0 Å². The molecule has 1 aliphatic rings. The lowest BCUT2D eigenvalue weighted by molar-refractivity contribution is 0.172. The van der Waals surface area contributed by atoms with Gasteiger partial charge in [0.2, 0.25) is 0 Å². The number of likely N-dealkylation sites (tertiary alicyclic amines) is 1. The van der Waals surface area contributed by atoms with Gasteiger partial charge in [0, 0.05) is 6.54 Å². The van der Waals surface area contributed by atoms with Crippen LogP contribution in [0, 0.1) is 11.7 Å². The minimum absolute atomic E-state index is 0.186. The van der Waals surface area contributed by atoms with Crippen molar-refractivity contribution in [3.8, 4) is 0 Å². The molecule has 0 aromatic heterocycles. The van der Waals surface area contributed by atoms with Gasteiger partial charge in [0.05, 0.1) is 4.47 Å². The number of halogens is 2. The summed E-state index contributed by atoms with van der Waals surface area (Å²) in [5.74, 6) is 0.679. The summed E-state index contributed by atoms with van der Waals surface area (Å²) in [6, 6.07) is 5.31. The van der Waals surface area contributed by atoms with Crippen molar-refractivity contribution in [1.29, 1.82) is 0 Å². The maximum absolute atomic E-state index is 13.2. The van der Waals surface area contributed by atoms with Gasteiger partial charge in [-0.2, -0.15) is 0 Å². The average Bonchev–Trinajstić information content (AvgIpc) is 2.42. The van der Waals surface area contributed by atoms with E-state index in [-0.39, 0.29) is 5.82 Å². The van der Waals surface area contributed by atoms with E-state index in [1.54, 1.807) is 6.07 Å². The minimum atomic E-state index is -0.186. The van der Waals surface area contributed by atoms with Gasteiger partial charge in [-0.25, -0.2) is 4.39 Å². The smallest absolute Gasteiger partial charge is 0.137 e. The van der Waals surface area contributed by atoms with E-state index in [4.69, 9.17) is 0 Å². The summed E-state index contributed by atoms with van der Waals surface area (Å²) in [7, 11) is 2.02. The Kier molecular flexibility index (Phi) is 5.79. The van der Waals surface area contributed by atoms with Crippen LogP contribution in [0.25, 0.3) is 0 Å². The monoisotopic (exact) mass is 328 g/mol. The summed E-state index contributed by atoms with van der Waals surface area (Å²) in [4.78, 5) is 2.47. The summed E-state index contributed by atoms with van der Waals surface area (Å²) in [6.07, 6.45) is 3.85. The molecule has 0 radical (unpaired) electrons. The molecule has 0 atom stereocenters. The molecule has 1 saturated heterocycles. The van der Waals surface area contributed by atoms with Crippen LogP contribution in [0.1, 0.15) is 24.8 Å². The highest BCUT2D eigenvalue weighted by Crippen LogP contribution is 2.23. The average molecular weight is 329 g/mol. The fourth-order valence-electron chi connectivity index (χ4n) is 2.68. The van der Waals surface area contributed by atoms with Crippen molar-refractivity contribution in [3.63, 3.8) is 0 Å². The second-order valence-corrected chi connectivity index (χ2v) is 6.21. The maximum Gasteiger partial charge on any atom is 0.137 e. The van der Waals surface area contributed by atoms with E-state index in [0.717, 1.165) is 32.1 Å². The molecule has 0 unspecified atom stereocenters. The van der Waals surface area contributed by atoms with E-state index in [1.165, 1.54) is 24.8 Å². The summed E-state index contributed by atoms with van der Waals surface area (Å²) < 4.78 is 13.7. The molecular weight excluding hydrogens is 307 g/mol. The van der Waals surface area contributed by atoms with Crippen LogP contribution in [0.15, 0.2) is 22.7 Å². The molecule has 106 valence electrons. The van der Waals surface area contributed by atoms with Crippen molar-refractivity contribution in [2.45, 2.75) is 25.8 Å². The zero-order valence-electron chi connectivity index (χ0n) is 11.5. The van der Waals surface area contributed by atoms with E-state index in [0.29, 0.717) is 4.47 Å². The van der Waals surface area contributed by atoms with Crippen molar-refractivity contribution in [1.82, 2.24) is 10.2 Å². The van der Waals surface area contributed by atoms with E-state index in [9.17, 15) is 4.39 Å². The molecular formula is C15H22BrFN2. The number of hydrogen-bond donors (Lipinski definition) is 1. The SMILES string of the molecule is CNCCC1CCN(Cc2ccc(F)c(Br)c2)CC1. The Bertz CT molecular complexity index is 403. The van der Waals surface area contributed by atoms with Crippen LogP contribution in [-0.4, -0.2) is 31.6 Å². The van der Waals surface area contributed by atoms with Crippen LogP contribution in [0.2, 0.25) is 0 Å². The molecule has 0 saturated carbocycles. The zero-order chi connectivity index (χ0) is 13.7. The Morgan fingerprint density at radius 1 is 1.37 bits per heavy atom. The van der Waals surface area contributed by atoms with Crippen LogP contribution in [0.4, 0.5) is 4.39 Å². The van der Waals surface area contributed by atoms with Crippen molar-refractivity contribution in [2.24, 2.45) is 5.92 Å². The third-order valence-electron chi connectivity index (χ3n) is 3.90. The highest BCUT2D eigenvalue weighted by atomic mass is 79.9. The first kappa shape index (κ1) is 14.9.